The van der Waals surface area contributed by atoms with Crippen LogP contribution in [-0.4, -0.2) is 22.3 Å². The Morgan fingerprint density at radius 2 is 1.37 bits per heavy atom. The van der Waals surface area contributed by atoms with Crippen molar-refractivity contribution in [2.75, 3.05) is 0 Å². The van der Waals surface area contributed by atoms with Gasteiger partial charge in [-0.3, -0.25) is 0 Å². The highest BCUT2D eigenvalue weighted by Gasteiger charge is 2.11. The summed E-state index contributed by atoms with van der Waals surface area (Å²) in [6, 6.07) is 0. The molecule has 0 heterocycles. The Kier molecular flexibility index (Phi) is 16.4. The second kappa shape index (κ2) is 15.2. The van der Waals surface area contributed by atoms with E-state index in [4.69, 9.17) is 10.2 Å². The van der Waals surface area contributed by atoms with Crippen LogP contribution in [0, 0.1) is 0 Å². The number of hydrogen-bond acceptors (Lipinski definition) is 2. The number of carbonyl (C=O) groups is 1. The monoisotopic (exact) mass is 272 g/mol. The lowest BCUT2D eigenvalue weighted by atomic mass is 10.1. The molecule has 0 aliphatic heterocycles. The topological polar surface area (TPSA) is 57.5 Å². The maximum Gasteiger partial charge on any atom is 0.332 e. The third kappa shape index (κ3) is 22.8. The average molecular weight is 272 g/mol. The Bertz CT molecular complexity index is 220. The van der Waals surface area contributed by atoms with Gasteiger partial charge in [0.05, 0.1) is 0 Å². The molecule has 0 saturated heterocycles. The number of carboxylic acid groups (broad SMARTS) is 1. The zero-order valence-corrected chi connectivity index (χ0v) is 13.0. The molecule has 0 aromatic rings. The van der Waals surface area contributed by atoms with Gasteiger partial charge in [0.25, 0.3) is 0 Å². The Morgan fingerprint density at radius 1 is 1.00 bits per heavy atom. The van der Waals surface area contributed by atoms with Crippen molar-refractivity contribution in [3.8, 4) is 0 Å². The molecule has 0 fully saturated rings. The van der Waals surface area contributed by atoms with Crippen LogP contribution < -0.4 is 0 Å². The summed E-state index contributed by atoms with van der Waals surface area (Å²) in [6.07, 6.45) is 8.68. The minimum absolute atomic E-state index is 0.393. The number of aliphatic hydroxyl groups is 1. The summed E-state index contributed by atoms with van der Waals surface area (Å²) in [5.41, 5.74) is 1.17. The first-order chi connectivity index (χ1) is 8.91. The lowest BCUT2D eigenvalue weighted by Crippen LogP contribution is -2.18. The van der Waals surface area contributed by atoms with Crippen LogP contribution in [0.2, 0.25) is 0 Å². The predicted octanol–water partition coefficient (Wildman–Crippen LogP) is 4.55. The van der Waals surface area contributed by atoms with Crippen LogP contribution in [0.4, 0.5) is 0 Å². The van der Waals surface area contributed by atoms with Crippen molar-refractivity contribution in [1.29, 1.82) is 0 Å². The third-order valence-electron chi connectivity index (χ3n) is 2.62. The van der Waals surface area contributed by atoms with Crippen molar-refractivity contribution >= 4 is 5.97 Å². The molecule has 0 aliphatic rings. The number of unbranched alkanes of at least 4 members (excludes halogenated alkanes) is 7. The molecule has 0 bridgehead atoms. The Morgan fingerprint density at radius 3 is 1.74 bits per heavy atom. The molecule has 0 amide bonds. The highest BCUT2D eigenvalue weighted by atomic mass is 16.4. The van der Waals surface area contributed by atoms with E-state index in [1.807, 2.05) is 13.8 Å². The van der Waals surface area contributed by atoms with Gasteiger partial charge in [-0.1, -0.05) is 63.9 Å². The zero-order chi connectivity index (χ0) is 15.1. The normalized spacial score (nSPS) is 11.4. The summed E-state index contributed by atoms with van der Waals surface area (Å²) >= 11 is 0. The number of aliphatic carboxylic acids is 1. The van der Waals surface area contributed by atoms with Crippen LogP contribution in [-0.2, 0) is 4.79 Å². The highest BCUT2D eigenvalue weighted by molar-refractivity contribution is 5.71. The fourth-order valence-electron chi connectivity index (χ4n) is 1.60. The number of rotatable bonds is 10. The number of aliphatic hydroxyl groups excluding tert-OH is 1. The predicted molar refractivity (Wildman–Crippen MR) is 81.4 cm³/mol. The van der Waals surface area contributed by atoms with Gasteiger partial charge < -0.3 is 10.2 Å². The fourth-order valence-corrected chi connectivity index (χ4v) is 1.60. The van der Waals surface area contributed by atoms with Crippen LogP contribution in [0.15, 0.2) is 12.2 Å². The molecule has 3 nitrogen and oxygen atoms in total. The van der Waals surface area contributed by atoms with Crippen molar-refractivity contribution in [1.82, 2.24) is 0 Å². The van der Waals surface area contributed by atoms with Crippen molar-refractivity contribution in [2.45, 2.75) is 84.7 Å². The van der Waals surface area contributed by atoms with E-state index in [9.17, 15) is 4.79 Å². The molecule has 0 saturated carbocycles. The fraction of sp³-hybridized carbons (Fsp3) is 0.812. The summed E-state index contributed by atoms with van der Waals surface area (Å²) in [5.74, 6) is -1.10. The van der Waals surface area contributed by atoms with Gasteiger partial charge in [-0.05, 0) is 20.3 Å². The van der Waals surface area contributed by atoms with E-state index in [0.717, 1.165) is 19.3 Å². The first kappa shape index (κ1) is 20.5. The van der Waals surface area contributed by atoms with Gasteiger partial charge in [0.2, 0.25) is 0 Å². The lowest BCUT2D eigenvalue weighted by Gasteiger charge is -2.04. The Hall–Kier alpha value is -0.830. The maximum absolute atomic E-state index is 10.3. The smallest absolute Gasteiger partial charge is 0.332 e. The average Bonchev–Trinajstić information content (AvgIpc) is 2.31. The summed E-state index contributed by atoms with van der Waals surface area (Å²) in [4.78, 5) is 10.3. The van der Waals surface area contributed by atoms with Gasteiger partial charge in [0.1, 0.15) is 0 Å². The SMILES string of the molecule is C=C(C)C.CCCCCCCCCCC(O)C(=O)O. The lowest BCUT2D eigenvalue weighted by molar-refractivity contribution is -0.146. The maximum atomic E-state index is 10.3. The molecular weight excluding hydrogens is 240 g/mol. The molecule has 0 spiro atoms. The van der Waals surface area contributed by atoms with E-state index in [1.54, 1.807) is 0 Å². The van der Waals surface area contributed by atoms with E-state index in [1.165, 1.54) is 37.7 Å². The summed E-state index contributed by atoms with van der Waals surface area (Å²) in [5, 5.41) is 17.4. The Labute approximate surface area is 118 Å². The largest absolute Gasteiger partial charge is 0.479 e. The molecule has 1 unspecified atom stereocenters. The molecule has 0 rings (SSSR count). The molecule has 0 radical (unpaired) electrons. The first-order valence-corrected chi connectivity index (χ1v) is 7.44. The first-order valence-electron chi connectivity index (χ1n) is 7.44. The van der Waals surface area contributed by atoms with Crippen LogP contribution in [0.25, 0.3) is 0 Å². The van der Waals surface area contributed by atoms with Crippen LogP contribution in [0.1, 0.15) is 78.6 Å². The molecule has 19 heavy (non-hydrogen) atoms. The van der Waals surface area contributed by atoms with Gasteiger partial charge in [-0.15, -0.1) is 6.58 Å². The number of hydrogen-bond donors (Lipinski definition) is 2. The Balaban J connectivity index is 0. The highest BCUT2D eigenvalue weighted by Crippen LogP contribution is 2.10. The number of carboxylic acids is 1. The third-order valence-corrected chi connectivity index (χ3v) is 2.62. The van der Waals surface area contributed by atoms with E-state index >= 15 is 0 Å². The van der Waals surface area contributed by atoms with Crippen molar-refractivity contribution < 1.29 is 15.0 Å². The van der Waals surface area contributed by atoms with Crippen LogP contribution >= 0.6 is 0 Å². The summed E-state index contributed by atoms with van der Waals surface area (Å²) < 4.78 is 0. The second-order valence-corrected chi connectivity index (χ2v) is 5.32. The molecular formula is C16H32O3. The summed E-state index contributed by atoms with van der Waals surface area (Å²) in [7, 11) is 0. The van der Waals surface area contributed by atoms with Gasteiger partial charge in [-0.25, -0.2) is 4.79 Å². The zero-order valence-electron chi connectivity index (χ0n) is 13.0. The van der Waals surface area contributed by atoms with Gasteiger partial charge in [0.15, 0.2) is 6.10 Å². The molecule has 114 valence electrons. The second-order valence-electron chi connectivity index (χ2n) is 5.32. The van der Waals surface area contributed by atoms with E-state index in [2.05, 4.69) is 13.5 Å². The summed E-state index contributed by atoms with van der Waals surface area (Å²) in [6.45, 7) is 9.70. The molecule has 0 aliphatic carbocycles. The van der Waals surface area contributed by atoms with Gasteiger partial charge >= 0.3 is 5.97 Å². The van der Waals surface area contributed by atoms with Gasteiger partial charge in [0, 0.05) is 0 Å². The molecule has 3 heteroatoms. The van der Waals surface area contributed by atoms with Gasteiger partial charge in [-0.2, -0.15) is 0 Å². The van der Waals surface area contributed by atoms with E-state index in [-0.39, 0.29) is 0 Å². The quantitative estimate of drug-likeness (QED) is 0.453. The minimum atomic E-state index is -1.16. The molecule has 2 N–H and O–H groups in total. The van der Waals surface area contributed by atoms with Crippen molar-refractivity contribution in [3.63, 3.8) is 0 Å². The standard InChI is InChI=1S/C12H24O3.C4H8/c1-2-3-4-5-6-7-8-9-10-11(13)12(14)15;1-4(2)3/h11,13H,2-10H2,1H3,(H,14,15);1H2,2-3H3. The van der Waals surface area contributed by atoms with E-state index < -0.39 is 12.1 Å². The molecule has 1 atom stereocenters. The van der Waals surface area contributed by atoms with Crippen LogP contribution in [0.5, 0.6) is 0 Å². The minimum Gasteiger partial charge on any atom is -0.479 e. The van der Waals surface area contributed by atoms with E-state index in [0.29, 0.717) is 6.42 Å². The van der Waals surface area contributed by atoms with Crippen LogP contribution in [0.3, 0.4) is 0 Å². The molecule has 0 aromatic heterocycles. The number of allylic oxidation sites excluding steroid dienone is 1. The van der Waals surface area contributed by atoms with Crippen molar-refractivity contribution in [2.24, 2.45) is 0 Å². The molecule has 0 aromatic carbocycles. The van der Waals surface area contributed by atoms with Crippen molar-refractivity contribution in [3.05, 3.63) is 12.2 Å².